The van der Waals surface area contributed by atoms with E-state index >= 15 is 0 Å². The molecule has 2 aliphatic rings. The Labute approximate surface area is 584 Å². The van der Waals surface area contributed by atoms with E-state index in [1.807, 2.05) is 113 Å². The first kappa shape index (κ1) is 84.0. The second-order valence-electron chi connectivity index (χ2n) is 20.8. The first-order valence-corrected chi connectivity index (χ1v) is 34.9. The molecular weight excluding hydrogens is 1290 g/mol. The summed E-state index contributed by atoms with van der Waals surface area (Å²) in [6, 6.07) is 91.9. The van der Waals surface area contributed by atoms with Gasteiger partial charge in [-0.25, -0.2) is 0 Å². The van der Waals surface area contributed by atoms with E-state index in [0.717, 1.165) is 47.4 Å². The monoisotopic (exact) mass is 1380 g/mol. The molecule has 0 saturated carbocycles. The van der Waals surface area contributed by atoms with Gasteiger partial charge in [0, 0.05) is 35.5 Å². The van der Waals surface area contributed by atoms with Crippen molar-refractivity contribution in [1.82, 2.24) is 0 Å². The van der Waals surface area contributed by atoms with E-state index in [-0.39, 0.29) is 12.4 Å². The number of hydrogen-bond acceptors (Lipinski definition) is 5. The number of alkyl halides is 2. The molecule has 2 N–H and O–H groups in total. The van der Waals surface area contributed by atoms with Gasteiger partial charge in [-0.15, -0.1) is 23.2 Å². The van der Waals surface area contributed by atoms with Crippen LogP contribution < -0.4 is 23.0 Å². The van der Waals surface area contributed by atoms with Crippen LogP contribution >= 0.6 is 47.1 Å². The molecule has 2 radical (unpaired) electrons. The largest absolute Gasteiger partial charge is 1.00 e. The summed E-state index contributed by atoms with van der Waals surface area (Å²) in [7, 11) is 5.50. The van der Waals surface area contributed by atoms with Crippen LogP contribution in [0.15, 0.2) is 271 Å². The Balaban J connectivity index is 0.000000543. The number of aliphatic hydroxyl groups is 2. The van der Waals surface area contributed by atoms with Gasteiger partial charge in [-0.3, -0.25) is 9.59 Å². The standard InChI is InChI=1S/2C17H12.C14H15OP.C8H8O.C7H5BrO.C6H14O2.C6H6.2C2H6.CH3B.2CH3Cl.ClH/c2*1-3-7-15-12(5-1)9-10-14-11-13-6-2-4-8-16(13)17(14)15;1-15-12-16(13-8-4-2-5-9-13)14-10-6-3-7-11-14;1-7-4-2-3-5-8(7)6-9;8-7-4-2-1-3-6(7)5-9;1-5(2,7)6(3,4)8;1-2-4-6-5-3-1;5*1-2;/h2*1-10H,11H2;2-11H,12H2,1H3;2-6H,1H3;1-5H;7-8H,1-4H3;1-6H;2*1-2H3;3*1H3;1H. The van der Waals surface area contributed by atoms with E-state index in [1.54, 1.807) is 40.9 Å². The smallest absolute Gasteiger partial charge is 0.163 e. The van der Waals surface area contributed by atoms with Crippen molar-refractivity contribution >= 4 is 99.6 Å². The molecule has 0 bridgehead atoms. The van der Waals surface area contributed by atoms with E-state index in [9.17, 15) is 9.59 Å². The van der Waals surface area contributed by atoms with Gasteiger partial charge in [-0.05, 0) is 149 Å². The van der Waals surface area contributed by atoms with Gasteiger partial charge in [-0.2, -0.15) is 0 Å². The minimum Gasteiger partial charge on any atom is -1.00 e. The third-order valence-corrected chi connectivity index (χ3v) is 17.8. The maximum absolute atomic E-state index is 10.2. The fraction of sp³-hybridized carbons (Fsp3) is 0.220. The third-order valence-electron chi connectivity index (χ3n) is 14.4. The van der Waals surface area contributed by atoms with Gasteiger partial charge in [0.05, 0.1) is 37.6 Å². The molecule has 0 atom stereocenters. The van der Waals surface area contributed by atoms with Crippen LogP contribution in [-0.4, -0.2) is 68.1 Å². The normalized spacial score (nSPS) is 10.2. The number of hydrogen-bond donors (Lipinski definition) is 2. The summed E-state index contributed by atoms with van der Waals surface area (Å²) in [5.41, 5.74) is 12.0. The highest BCUT2D eigenvalue weighted by atomic mass is 79.9. The second kappa shape index (κ2) is 47.8. The predicted molar refractivity (Wildman–Crippen MR) is 410 cm³/mol. The molecule has 13 rings (SSSR count). The van der Waals surface area contributed by atoms with Crippen LogP contribution in [0.2, 0.25) is 6.82 Å². The number of benzene rings is 11. The first-order valence-electron chi connectivity index (χ1n) is 30.8. The third kappa shape index (κ3) is 27.1. The van der Waals surface area contributed by atoms with Gasteiger partial charge in [0.15, 0.2) is 12.6 Å². The van der Waals surface area contributed by atoms with Crippen LogP contribution in [0.1, 0.15) is 104 Å². The highest BCUT2D eigenvalue weighted by Gasteiger charge is 2.32. The number of carbonyl (C=O) groups excluding carboxylic acids is 2. The molecule has 0 aromatic heterocycles. The van der Waals surface area contributed by atoms with Crippen LogP contribution in [0.25, 0.3) is 43.8 Å². The molecule has 11 aromatic carbocycles. The van der Waals surface area contributed by atoms with Crippen LogP contribution in [0.4, 0.5) is 0 Å². The van der Waals surface area contributed by atoms with Crippen molar-refractivity contribution in [3.63, 3.8) is 0 Å². The van der Waals surface area contributed by atoms with E-state index in [1.165, 1.54) is 96.3 Å². The second-order valence-corrected chi connectivity index (χ2v) is 24.1. The van der Waals surface area contributed by atoms with Crippen molar-refractivity contribution in [3.8, 4) is 22.3 Å². The van der Waals surface area contributed by atoms with Gasteiger partial charge in [0.2, 0.25) is 0 Å². The topological polar surface area (TPSA) is 83.8 Å². The van der Waals surface area contributed by atoms with Crippen molar-refractivity contribution in [1.29, 1.82) is 0 Å². The predicted octanol–water partition coefficient (Wildman–Crippen LogP) is 18.5. The molecule has 11 aromatic rings. The van der Waals surface area contributed by atoms with Crippen LogP contribution in [0.3, 0.4) is 0 Å². The lowest BCUT2D eigenvalue weighted by atomic mass is 9.90. The van der Waals surface area contributed by atoms with Crippen LogP contribution in [0.5, 0.6) is 0 Å². The number of halogens is 4. The minimum atomic E-state index is -1.01. The van der Waals surface area contributed by atoms with Crippen molar-refractivity contribution in [2.24, 2.45) is 0 Å². The maximum atomic E-state index is 10.2. The van der Waals surface area contributed by atoms with Gasteiger partial charge in [-0.1, -0.05) is 287 Å². The molecule has 0 unspecified atom stereocenters. The average molecular weight is 1390 g/mol. The highest BCUT2D eigenvalue weighted by molar-refractivity contribution is 9.10. The number of rotatable bonds is 7. The van der Waals surface area contributed by atoms with E-state index in [4.69, 9.17) is 14.9 Å². The van der Waals surface area contributed by atoms with E-state index < -0.39 is 19.1 Å². The van der Waals surface area contributed by atoms with Gasteiger partial charge in [0.25, 0.3) is 0 Å². The molecule has 0 aliphatic heterocycles. The van der Waals surface area contributed by atoms with Crippen LogP contribution in [-0.2, 0) is 17.6 Å². The lowest BCUT2D eigenvalue weighted by Crippen LogP contribution is -3.00. The van der Waals surface area contributed by atoms with E-state index in [0.29, 0.717) is 5.56 Å². The number of aryl methyl sites for hydroxylation is 1. The molecule has 0 amide bonds. The Morgan fingerprint density at radius 3 is 1.09 bits per heavy atom. The summed E-state index contributed by atoms with van der Waals surface area (Å²) < 4.78 is 6.21. The van der Waals surface area contributed by atoms with Gasteiger partial charge >= 0.3 is 0 Å². The van der Waals surface area contributed by atoms with E-state index in [2.05, 4.69) is 229 Å². The van der Waals surface area contributed by atoms with Gasteiger partial charge < -0.3 is 27.4 Å². The Morgan fingerprint density at radius 1 is 0.441 bits per heavy atom. The molecule has 5 nitrogen and oxygen atoms in total. The lowest BCUT2D eigenvalue weighted by molar-refractivity contribution is -0.107. The summed E-state index contributed by atoms with van der Waals surface area (Å²) in [4.78, 5) is 20.4. The number of ether oxygens (including phenoxy) is 1. The average Bonchev–Trinajstić information content (AvgIpc) is 1.67. The fourth-order valence-electron chi connectivity index (χ4n) is 9.24. The summed E-state index contributed by atoms with van der Waals surface area (Å²) in [5.74, 6) is 0. The molecule has 0 heterocycles. The minimum absolute atomic E-state index is 0. The Hall–Kier alpha value is -7.00. The molecule has 2 aliphatic carbocycles. The quantitative estimate of drug-likeness (QED) is 0.0719. The molecule has 0 saturated heterocycles. The van der Waals surface area contributed by atoms with Crippen molar-refractivity contribution in [2.75, 3.05) is 26.2 Å². The van der Waals surface area contributed by atoms with Crippen LogP contribution in [0, 0.1) is 6.92 Å². The van der Waals surface area contributed by atoms with Crippen molar-refractivity contribution in [3.05, 3.63) is 310 Å². The molecule has 11 heteroatoms. The summed E-state index contributed by atoms with van der Waals surface area (Å²) in [6.07, 6.45) is 7.62. The summed E-state index contributed by atoms with van der Waals surface area (Å²) >= 11 is 12.5. The zero-order valence-corrected chi connectivity index (χ0v) is 61.2. The Morgan fingerprint density at radius 2 is 0.753 bits per heavy atom. The summed E-state index contributed by atoms with van der Waals surface area (Å²) in [5, 5.41) is 26.5. The highest BCUT2D eigenvalue weighted by Crippen LogP contribution is 2.42. The SMILES string of the molecule is CC.CC.CC(C)(O)C(C)(C)O.CCl.CCl.COC[PH+](c1ccccc1)c1ccccc1.Cc1ccccc1C=O.O=Cc1ccccc1Br.[B]C.[Cl-].c1ccc2c(c1)Cc1ccc3ccccc3c1-2.c1ccc2c(c1)Cc1ccc3ccccc3c1-2.c1ccccc1. The zero-order valence-electron chi connectivity index (χ0n) is 56.4. The fourth-order valence-corrected chi connectivity index (χ4v) is 11.8. The van der Waals surface area contributed by atoms with Gasteiger partial charge in [0.1, 0.15) is 6.29 Å². The van der Waals surface area contributed by atoms with Crippen molar-refractivity contribution in [2.45, 2.75) is 93.2 Å². The summed E-state index contributed by atoms with van der Waals surface area (Å²) in [6.45, 7) is 17.7. The molecule has 93 heavy (non-hydrogen) atoms. The lowest BCUT2D eigenvalue weighted by Gasteiger charge is -2.31. The molecule has 488 valence electrons. The maximum Gasteiger partial charge on any atom is 0.163 e. The number of aldehydes is 2. The zero-order chi connectivity index (χ0) is 68.3. The first-order chi connectivity index (χ1) is 44.7. The number of fused-ring (bicyclic) bond motifs is 10. The Bertz CT molecular complexity index is 3530. The Kier molecular flexibility index (Phi) is 43.2. The number of carbonyl (C=O) groups is 2. The number of methoxy groups -OCH3 is 1. The molecule has 0 spiro atoms. The molecular formula is C82H94BBrCl3O5P. The molecule has 0 fully saturated rings. The van der Waals surface area contributed by atoms with Crippen molar-refractivity contribution < 1.29 is 36.9 Å².